The second kappa shape index (κ2) is 7.06. The van der Waals surface area contributed by atoms with Crippen molar-refractivity contribution < 1.29 is 0 Å². The monoisotopic (exact) mass is 185 g/mol. The molecule has 78 valence electrons. The van der Waals surface area contributed by atoms with Crippen LogP contribution < -0.4 is 11.3 Å². The molecule has 0 aromatic carbocycles. The first-order chi connectivity index (χ1) is 6.15. The molecule has 0 aromatic rings. The maximum atomic E-state index is 5.41. The fourth-order valence-electron chi connectivity index (χ4n) is 1.32. The number of rotatable bonds is 7. The lowest BCUT2D eigenvalue weighted by molar-refractivity contribution is 0.288. The van der Waals surface area contributed by atoms with E-state index in [1.165, 1.54) is 0 Å². The molecule has 0 aliphatic carbocycles. The Kier molecular flexibility index (Phi) is 6.86. The first-order valence-electron chi connectivity index (χ1n) is 4.99. The van der Waals surface area contributed by atoms with Gasteiger partial charge in [0.2, 0.25) is 0 Å². The van der Waals surface area contributed by atoms with Gasteiger partial charge in [-0.1, -0.05) is 26.0 Å². The number of nitrogens with zero attached hydrogens (tertiary/aromatic N) is 1. The van der Waals surface area contributed by atoms with E-state index in [0.717, 1.165) is 31.6 Å². The Morgan fingerprint density at radius 1 is 1.46 bits per heavy atom. The zero-order chi connectivity index (χ0) is 10.3. The summed E-state index contributed by atoms with van der Waals surface area (Å²) >= 11 is 0. The van der Waals surface area contributed by atoms with Crippen molar-refractivity contribution in [1.82, 2.24) is 10.3 Å². The Bertz CT molecular complexity index is 141. The van der Waals surface area contributed by atoms with Crippen LogP contribution in [0.5, 0.6) is 0 Å². The summed E-state index contributed by atoms with van der Waals surface area (Å²) < 4.78 is 0. The average Bonchev–Trinajstić information content (AvgIpc) is 2.12. The normalized spacial score (nSPS) is 13.3. The molecule has 0 amide bonds. The molecule has 3 N–H and O–H groups in total. The number of hydrogen-bond acceptors (Lipinski definition) is 3. The van der Waals surface area contributed by atoms with E-state index in [1.54, 1.807) is 0 Å². The summed E-state index contributed by atoms with van der Waals surface area (Å²) in [7, 11) is 0. The fraction of sp³-hybridized carbons (Fsp3) is 0.800. The molecule has 0 rings (SSSR count). The summed E-state index contributed by atoms with van der Waals surface area (Å²) in [5.41, 5.74) is 3.88. The molecule has 0 aliphatic heterocycles. The van der Waals surface area contributed by atoms with Gasteiger partial charge in [-0.25, -0.2) is 0 Å². The highest BCUT2D eigenvalue weighted by atomic mass is 15.2. The molecule has 1 unspecified atom stereocenters. The summed E-state index contributed by atoms with van der Waals surface area (Å²) in [6, 6.07) is 0.251. The molecule has 0 aliphatic rings. The molecule has 0 radical (unpaired) electrons. The average molecular weight is 185 g/mol. The highest BCUT2D eigenvalue weighted by Crippen LogP contribution is 2.03. The predicted molar refractivity (Wildman–Crippen MR) is 58.3 cm³/mol. The molecule has 0 heterocycles. The minimum Gasteiger partial charge on any atom is -0.304 e. The first kappa shape index (κ1) is 12.6. The summed E-state index contributed by atoms with van der Waals surface area (Å²) in [5.74, 6) is 5.41. The zero-order valence-electron chi connectivity index (χ0n) is 9.14. The van der Waals surface area contributed by atoms with Gasteiger partial charge in [-0.15, -0.1) is 0 Å². The van der Waals surface area contributed by atoms with E-state index >= 15 is 0 Å². The van der Waals surface area contributed by atoms with Crippen LogP contribution in [0.15, 0.2) is 12.2 Å². The number of hydrazine groups is 1. The zero-order valence-corrected chi connectivity index (χ0v) is 9.14. The molecular formula is C10H23N3. The number of nitrogens with two attached hydrogens (primary N) is 1. The largest absolute Gasteiger partial charge is 0.304 e. The maximum Gasteiger partial charge on any atom is 0.0426 e. The van der Waals surface area contributed by atoms with E-state index in [2.05, 4.69) is 30.8 Å². The topological polar surface area (TPSA) is 41.3 Å². The smallest absolute Gasteiger partial charge is 0.0426 e. The molecule has 3 heteroatoms. The quantitative estimate of drug-likeness (QED) is 0.355. The van der Waals surface area contributed by atoms with Crippen molar-refractivity contribution in [3.63, 3.8) is 0 Å². The Labute approximate surface area is 82.0 Å². The Hall–Kier alpha value is -0.380. The third-order valence-corrected chi connectivity index (χ3v) is 2.42. The van der Waals surface area contributed by atoms with E-state index in [4.69, 9.17) is 5.84 Å². The number of nitrogens with one attached hydrogen (secondary N) is 1. The van der Waals surface area contributed by atoms with Crippen LogP contribution in [0.3, 0.4) is 0 Å². The van der Waals surface area contributed by atoms with Gasteiger partial charge in [0, 0.05) is 6.04 Å². The van der Waals surface area contributed by atoms with Gasteiger partial charge in [0.1, 0.15) is 0 Å². The molecular weight excluding hydrogens is 162 g/mol. The van der Waals surface area contributed by atoms with Crippen LogP contribution in [0.2, 0.25) is 0 Å². The van der Waals surface area contributed by atoms with Gasteiger partial charge in [-0.05, 0) is 33.0 Å². The molecule has 0 fully saturated rings. The number of hydrogen-bond donors (Lipinski definition) is 2. The van der Waals surface area contributed by atoms with E-state index in [9.17, 15) is 0 Å². The van der Waals surface area contributed by atoms with Crippen molar-refractivity contribution in [3.8, 4) is 0 Å². The van der Waals surface area contributed by atoms with Crippen LogP contribution >= 0.6 is 0 Å². The molecule has 1 atom stereocenters. The molecule has 0 bridgehead atoms. The predicted octanol–water partition coefficient (Wildman–Crippen LogP) is 1.13. The van der Waals surface area contributed by atoms with Gasteiger partial charge >= 0.3 is 0 Å². The third-order valence-electron chi connectivity index (χ3n) is 2.42. The van der Waals surface area contributed by atoms with Crippen LogP contribution in [0.25, 0.3) is 0 Å². The Balaban J connectivity index is 3.76. The van der Waals surface area contributed by atoms with Crippen LogP contribution in [-0.2, 0) is 0 Å². The molecule has 0 aromatic heterocycles. The van der Waals surface area contributed by atoms with Crippen molar-refractivity contribution in [1.29, 1.82) is 0 Å². The fourth-order valence-corrected chi connectivity index (χ4v) is 1.32. The highest BCUT2D eigenvalue weighted by Gasteiger charge is 2.08. The van der Waals surface area contributed by atoms with Gasteiger partial charge in [-0.3, -0.25) is 11.3 Å². The maximum absolute atomic E-state index is 5.41. The van der Waals surface area contributed by atoms with Gasteiger partial charge < -0.3 is 4.90 Å². The standard InChI is InChI=1S/C10H23N3/c1-5-13(6-2)8-7-10(12-11)9(3)4/h10,12H,3,5-8,11H2,1-2,4H3. The van der Waals surface area contributed by atoms with E-state index in [0.29, 0.717) is 0 Å². The SMILES string of the molecule is C=C(C)C(CCN(CC)CC)NN. The van der Waals surface area contributed by atoms with Crippen LogP contribution in [0, 0.1) is 0 Å². The molecule has 0 saturated heterocycles. The lowest BCUT2D eigenvalue weighted by Gasteiger charge is -2.22. The molecule has 0 spiro atoms. The Morgan fingerprint density at radius 2 is 2.00 bits per heavy atom. The molecule has 3 nitrogen and oxygen atoms in total. The Morgan fingerprint density at radius 3 is 2.31 bits per heavy atom. The van der Waals surface area contributed by atoms with E-state index in [1.807, 2.05) is 6.92 Å². The summed E-state index contributed by atoms with van der Waals surface area (Å²) in [4.78, 5) is 2.38. The van der Waals surface area contributed by atoms with Crippen molar-refractivity contribution in [2.24, 2.45) is 5.84 Å². The van der Waals surface area contributed by atoms with E-state index in [-0.39, 0.29) is 6.04 Å². The second-order valence-corrected chi connectivity index (χ2v) is 3.38. The van der Waals surface area contributed by atoms with Gasteiger partial charge in [0.15, 0.2) is 0 Å². The van der Waals surface area contributed by atoms with Gasteiger partial charge in [0.05, 0.1) is 0 Å². The van der Waals surface area contributed by atoms with Crippen molar-refractivity contribution in [3.05, 3.63) is 12.2 Å². The van der Waals surface area contributed by atoms with Crippen molar-refractivity contribution in [2.75, 3.05) is 19.6 Å². The van der Waals surface area contributed by atoms with Gasteiger partial charge in [-0.2, -0.15) is 0 Å². The van der Waals surface area contributed by atoms with Crippen LogP contribution in [0.4, 0.5) is 0 Å². The minimum atomic E-state index is 0.251. The first-order valence-corrected chi connectivity index (χ1v) is 4.99. The molecule has 13 heavy (non-hydrogen) atoms. The highest BCUT2D eigenvalue weighted by molar-refractivity contribution is 5.00. The van der Waals surface area contributed by atoms with Crippen LogP contribution in [-0.4, -0.2) is 30.6 Å². The van der Waals surface area contributed by atoms with E-state index < -0.39 is 0 Å². The second-order valence-electron chi connectivity index (χ2n) is 3.38. The lowest BCUT2D eigenvalue weighted by Crippen LogP contribution is -2.38. The van der Waals surface area contributed by atoms with Crippen molar-refractivity contribution >= 4 is 0 Å². The van der Waals surface area contributed by atoms with Gasteiger partial charge in [0.25, 0.3) is 0 Å². The summed E-state index contributed by atoms with van der Waals surface area (Å²) in [6.45, 7) is 13.5. The minimum absolute atomic E-state index is 0.251. The third kappa shape index (κ3) is 5.03. The molecule has 0 saturated carbocycles. The summed E-state index contributed by atoms with van der Waals surface area (Å²) in [5, 5.41) is 0. The lowest BCUT2D eigenvalue weighted by atomic mass is 10.1. The van der Waals surface area contributed by atoms with Crippen LogP contribution in [0.1, 0.15) is 27.2 Å². The van der Waals surface area contributed by atoms with Crippen molar-refractivity contribution in [2.45, 2.75) is 33.2 Å². The summed E-state index contributed by atoms with van der Waals surface area (Å²) in [6.07, 6.45) is 1.04.